The van der Waals surface area contributed by atoms with E-state index in [-0.39, 0.29) is 11.9 Å². The molecule has 0 saturated heterocycles. The lowest BCUT2D eigenvalue weighted by atomic mass is 9.99. The largest absolute Gasteiger partial charge is 0.345 e. The Bertz CT molecular complexity index is 1160. The van der Waals surface area contributed by atoms with E-state index in [1.54, 1.807) is 0 Å². The number of fused-ring (bicyclic) bond motifs is 1. The molecule has 1 heterocycles. The van der Waals surface area contributed by atoms with Gasteiger partial charge in [-0.2, -0.15) is 0 Å². The molecular weight excluding hydrogens is 368 g/mol. The summed E-state index contributed by atoms with van der Waals surface area (Å²) in [5.74, 6) is 0.398. The summed E-state index contributed by atoms with van der Waals surface area (Å²) in [5, 5.41) is 4.02. The van der Waals surface area contributed by atoms with Crippen LogP contribution >= 0.6 is 0 Å². The Morgan fingerprint density at radius 1 is 0.800 bits per heavy atom. The second-order valence-corrected chi connectivity index (χ2v) is 7.95. The van der Waals surface area contributed by atoms with Crippen molar-refractivity contribution in [3.8, 4) is 11.3 Å². The Morgan fingerprint density at radius 3 is 2.13 bits per heavy atom. The van der Waals surface area contributed by atoms with Gasteiger partial charge in [0, 0.05) is 10.9 Å². The number of rotatable bonds is 5. The molecule has 0 radical (unpaired) electrons. The number of nitrogens with one attached hydrogen (secondary N) is 1. The number of hydrogen-bond donors (Lipinski definition) is 1. The zero-order chi connectivity index (χ0) is 21.1. The maximum atomic E-state index is 13.3. The molecule has 0 fully saturated rings. The van der Waals surface area contributed by atoms with E-state index in [0.717, 1.165) is 27.7 Å². The molecule has 4 aromatic rings. The first kappa shape index (κ1) is 19.8. The van der Waals surface area contributed by atoms with Crippen molar-refractivity contribution in [2.24, 2.45) is 0 Å². The van der Waals surface area contributed by atoms with Crippen molar-refractivity contribution in [1.29, 1.82) is 0 Å². The summed E-state index contributed by atoms with van der Waals surface area (Å²) in [4.78, 5) is 18.0. The summed E-state index contributed by atoms with van der Waals surface area (Å²) in [5.41, 5.74) is 5.64. The molecule has 1 amide bonds. The normalized spacial score (nSPS) is 12.1. The van der Waals surface area contributed by atoms with Crippen LogP contribution in [0.5, 0.6) is 0 Å². The van der Waals surface area contributed by atoms with Crippen LogP contribution in [-0.4, -0.2) is 10.9 Å². The quantitative estimate of drug-likeness (QED) is 0.419. The molecule has 4 rings (SSSR count). The van der Waals surface area contributed by atoms with E-state index < -0.39 is 0 Å². The number of carbonyl (C=O) groups excluding carboxylic acids is 1. The van der Waals surface area contributed by atoms with Gasteiger partial charge >= 0.3 is 0 Å². The van der Waals surface area contributed by atoms with Crippen LogP contribution in [0.1, 0.15) is 54.2 Å². The number of pyridine rings is 1. The Labute approximate surface area is 177 Å². The van der Waals surface area contributed by atoms with Crippen LogP contribution in [0.3, 0.4) is 0 Å². The number of amides is 1. The minimum absolute atomic E-state index is 0.0915. The van der Waals surface area contributed by atoms with Gasteiger partial charge in [0.15, 0.2) is 0 Å². The van der Waals surface area contributed by atoms with Gasteiger partial charge in [0.05, 0.1) is 22.8 Å². The predicted octanol–water partition coefficient (Wildman–Crippen LogP) is 6.52. The highest BCUT2D eigenvalue weighted by atomic mass is 16.1. The van der Waals surface area contributed by atoms with Crippen LogP contribution < -0.4 is 5.32 Å². The average molecular weight is 395 g/mol. The summed E-state index contributed by atoms with van der Waals surface area (Å²) < 4.78 is 0. The number of hydrogen-bond acceptors (Lipinski definition) is 2. The summed E-state index contributed by atoms with van der Waals surface area (Å²) in [6.45, 7) is 6.38. The maximum Gasteiger partial charge on any atom is 0.252 e. The fourth-order valence-electron chi connectivity index (χ4n) is 3.65. The molecule has 0 aliphatic carbocycles. The van der Waals surface area contributed by atoms with Crippen molar-refractivity contribution in [3.63, 3.8) is 0 Å². The van der Waals surface area contributed by atoms with Gasteiger partial charge in [-0.05, 0) is 36.1 Å². The third-order valence-corrected chi connectivity index (χ3v) is 5.48. The second kappa shape index (κ2) is 8.50. The van der Waals surface area contributed by atoms with E-state index in [1.807, 2.05) is 67.6 Å². The number of nitrogens with zero attached hydrogens (tertiary/aromatic N) is 1. The zero-order valence-electron chi connectivity index (χ0n) is 17.6. The van der Waals surface area contributed by atoms with Crippen molar-refractivity contribution in [2.45, 2.75) is 32.7 Å². The molecule has 0 aliphatic heterocycles. The first-order valence-electron chi connectivity index (χ1n) is 10.4. The highest BCUT2D eigenvalue weighted by Gasteiger charge is 2.16. The topological polar surface area (TPSA) is 42.0 Å². The predicted molar refractivity (Wildman–Crippen MR) is 124 cm³/mol. The van der Waals surface area contributed by atoms with E-state index in [2.05, 4.69) is 43.4 Å². The van der Waals surface area contributed by atoms with E-state index in [4.69, 9.17) is 4.98 Å². The highest BCUT2D eigenvalue weighted by Crippen LogP contribution is 2.26. The molecule has 3 heteroatoms. The molecule has 0 aliphatic rings. The maximum absolute atomic E-state index is 13.3. The van der Waals surface area contributed by atoms with Crippen LogP contribution in [-0.2, 0) is 0 Å². The molecule has 1 atom stereocenters. The molecule has 3 nitrogen and oxygen atoms in total. The smallest absolute Gasteiger partial charge is 0.252 e. The van der Waals surface area contributed by atoms with Crippen LogP contribution in [0.4, 0.5) is 0 Å². The molecular formula is C27H26N2O. The highest BCUT2D eigenvalue weighted by molar-refractivity contribution is 6.07. The van der Waals surface area contributed by atoms with Crippen LogP contribution in [0.15, 0.2) is 84.9 Å². The third-order valence-electron chi connectivity index (χ3n) is 5.48. The SMILES string of the molecule is CC(C)c1ccc([C@@H](C)NC(=O)c2cc(-c3ccccc3)nc3ccccc23)cc1. The molecule has 0 bridgehead atoms. The minimum Gasteiger partial charge on any atom is -0.345 e. The fraction of sp³-hybridized carbons (Fsp3) is 0.185. The summed E-state index contributed by atoms with van der Waals surface area (Å²) in [6, 6.07) is 28.0. The van der Waals surface area contributed by atoms with Crippen LogP contribution in [0.2, 0.25) is 0 Å². The molecule has 30 heavy (non-hydrogen) atoms. The Morgan fingerprint density at radius 2 is 1.43 bits per heavy atom. The molecule has 150 valence electrons. The van der Waals surface area contributed by atoms with Crippen molar-refractivity contribution >= 4 is 16.8 Å². The monoisotopic (exact) mass is 394 g/mol. The van der Waals surface area contributed by atoms with Gasteiger partial charge in [-0.3, -0.25) is 4.79 Å². The third kappa shape index (κ3) is 4.11. The Hall–Kier alpha value is -3.46. The number of para-hydroxylation sites is 1. The van der Waals surface area contributed by atoms with Gasteiger partial charge in [0.2, 0.25) is 0 Å². The van der Waals surface area contributed by atoms with E-state index in [9.17, 15) is 4.79 Å². The molecule has 0 unspecified atom stereocenters. The zero-order valence-corrected chi connectivity index (χ0v) is 17.6. The van der Waals surface area contributed by atoms with Crippen molar-refractivity contribution in [1.82, 2.24) is 10.3 Å². The van der Waals surface area contributed by atoms with Crippen molar-refractivity contribution < 1.29 is 4.79 Å². The number of carbonyl (C=O) groups is 1. The molecule has 1 N–H and O–H groups in total. The molecule has 0 spiro atoms. The van der Waals surface area contributed by atoms with Gasteiger partial charge in [-0.15, -0.1) is 0 Å². The van der Waals surface area contributed by atoms with E-state index >= 15 is 0 Å². The molecule has 1 aromatic heterocycles. The number of aromatic nitrogens is 1. The first-order valence-corrected chi connectivity index (χ1v) is 10.4. The van der Waals surface area contributed by atoms with Gasteiger partial charge < -0.3 is 5.32 Å². The minimum atomic E-state index is -0.0918. The second-order valence-electron chi connectivity index (χ2n) is 7.95. The van der Waals surface area contributed by atoms with Crippen LogP contribution in [0.25, 0.3) is 22.2 Å². The summed E-state index contributed by atoms with van der Waals surface area (Å²) in [7, 11) is 0. The lowest BCUT2D eigenvalue weighted by molar-refractivity contribution is 0.0941. The van der Waals surface area contributed by atoms with E-state index in [0.29, 0.717) is 11.5 Å². The van der Waals surface area contributed by atoms with Gasteiger partial charge in [-0.25, -0.2) is 4.98 Å². The summed E-state index contributed by atoms with van der Waals surface area (Å²) in [6.07, 6.45) is 0. The summed E-state index contributed by atoms with van der Waals surface area (Å²) >= 11 is 0. The van der Waals surface area contributed by atoms with Gasteiger partial charge in [-0.1, -0.05) is 86.6 Å². The lowest BCUT2D eigenvalue weighted by Gasteiger charge is -2.17. The Balaban J connectivity index is 1.67. The standard InChI is InChI=1S/C27H26N2O/c1-18(2)20-13-15-21(16-14-20)19(3)28-27(30)24-17-26(22-9-5-4-6-10-22)29-25-12-8-7-11-23(24)25/h4-19H,1-3H3,(H,28,30)/t19-/m1/s1. The first-order chi connectivity index (χ1) is 14.5. The van der Waals surface area contributed by atoms with Crippen LogP contribution in [0, 0.1) is 0 Å². The fourth-order valence-corrected chi connectivity index (χ4v) is 3.65. The average Bonchev–Trinajstić information content (AvgIpc) is 2.78. The molecule has 0 saturated carbocycles. The van der Waals surface area contributed by atoms with Crippen molar-refractivity contribution in [3.05, 3.63) is 102 Å². The van der Waals surface area contributed by atoms with Gasteiger partial charge in [0.25, 0.3) is 5.91 Å². The van der Waals surface area contributed by atoms with Crippen molar-refractivity contribution in [2.75, 3.05) is 0 Å². The Kier molecular flexibility index (Phi) is 5.62. The number of benzene rings is 3. The van der Waals surface area contributed by atoms with Gasteiger partial charge in [0.1, 0.15) is 0 Å². The molecule has 3 aromatic carbocycles. The lowest BCUT2D eigenvalue weighted by Crippen LogP contribution is -2.27. The van der Waals surface area contributed by atoms with E-state index in [1.165, 1.54) is 5.56 Å².